The highest BCUT2D eigenvalue weighted by Crippen LogP contribution is 2.38. The number of rotatable bonds is 7. The number of nitrogens with zero attached hydrogens (tertiary/aromatic N) is 2. The molecule has 2 aliphatic carbocycles. The zero-order valence-electron chi connectivity index (χ0n) is 17.0. The van der Waals surface area contributed by atoms with Crippen LogP contribution in [0.3, 0.4) is 0 Å². The number of anilines is 1. The molecule has 2 fully saturated rings. The Labute approximate surface area is 180 Å². The maximum atomic E-state index is 12.3. The van der Waals surface area contributed by atoms with Crippen LogP contribution in [0.25, 0.3) is 17.5 Å². The number of amides is 2. The van der Waals surface area contributed by atoms with Crippen LogP contribution in [-0.4, -0.2) is 33.0 Å². The summed E-state index contributed by atoms with van der Waals surface area (Å²) in [5.74, 6) is 1.80. The third kappa shape index (κ3) is 4.88. The molecule has 1 aromatic heterocycles. The number of aromatic amines is 1. The highest BCUT2D eigenvalue weighted by atomic mass is 16.2. The van der Waals surface area contributed by atoms with E-state index >= 15 is 0 Å². The van der Waals surface area contributed by atoms with E-state index in [1.54, 1.807) is 18.2 Å². The molecule has 5 rings (SSSR count). The molecule has 0 spiro atoms. The molecule has 7 heteroatoms. The number of carbonyl (C=O) groups is 2. The quantitative estimate of drug-likeness (QED) is 0.512. The third-order valence-corrected chi connectivity index (χ3v) is 5.37. The molecule has 2 saturated carbocycles. The largest absolute Gasteiger partial charge is 0.349 e. The topological polar surface area (TPSA) is 99.8 Å². The molecule has 31 heavy (non-hydrogen) atoms. The molecular weight excluding hydrogens is 390 g/mol. The van der Waals surface area contributed by atoms with Crippen molar-refractivity contribution in [1.29, 1.82) is 0 Å². The van der Waals surface area contributed by atoms with Crippen molar-refractivity contribution in [3.8, 4) is 11.4 Å². The van der Waals surface area contributed by atoms with Gasteiger partial charge >= 0.3 is 0 Å². The van der Waals surface area contributed by atoms with Gasteiger partial charge in [-0.15, -0.1) is 0 Å². The minimum absolute atomic E-state index is 0.0497. The Bertz CT molecular complexity index is 1140. The van der Waals surface area contributed by atoms with Gasteiger partial charge < -0.3 is 10.6 Å². The number of hydrogen-bond donors (Lipinski definition) is 3. The second kappa shape index (κ2) is 8.18. The zero-order valence-corrected chi connectivity index (χ0v) is 17.0. The van der Waals surface area contributed by atoms with Crippen molar-refractivity contribution in [2.45, 2.75) is 37.6 Å². The summed E-state index contributed by atoms with van der Waals surface area (Å²) in [7, 11) is 0. The van der Waals surface area contributed by atoms with Gasteiger partial charge in [0.1, 0.15) is 5.82 Å². The molecule has 0 radical (unpaired) electrons. The van der Waals surface area contributed by atoms with Gasteiger partial charge in [0.15, 0.2) is 5.82 Å². The first-order valence-electron chi connectivity index (χ1n) is 10.6. The first-order chi connectivity index (χ1) is 15.1. The van der Waals surface area contributed by atoms with Crippen molar-refractivity contribution in [2.75, 3.05) is 5.32 Å². The summed E-state index contributed by atoms with van der Waals surface area (Å²) < 4.78 is 0. The second-order valence-corrected chi connectivity index (χ2v) is 8.09. The van der Waals surface area contributed by atoms with Crippen molar-refractivity contribution in [3.05, 3.63) is 71.6 Å². The van der Waals surface area contributed by atoms with Crippen molar-refractivity contribution < 1.29 is 9.59 Å². The van der Waals surface area contributed by atoms with Crippen LogP contribution in [0.15, 0.2) is 54.6 Å². The van der Waals surface area contributed by atoms with Crippen LogP contribution in [0.5, 0.6) is 0 Å². The Hall–Kier alpha value is -3.74. The van der Waals surface area contributed by atoms with Crippen LogP contribution in [0.2, 0.25) is 0 Å². The summed E-state index contributed by atoms with van der Waals surface area (Å²) in [5.41, 5.74) is 3.00. The lowest BCUT2D eigenvalue weighted by molar-refractivity contribution is -0.111. The number of benzene rings is 2. The van der Waals surface area contributed by atoms with Crippen LogP contribution >= 0.6 is 0 Å². The van der Waals surface area contributed by atoms with Gasteiger partial charge in [-0.3, -0.25) is 14.7 Å². The molecule has 2 aliphatic rings. The molecular formula is C24H23N5O2. The molecule has 3 N–H and O–H groups in total. The normalized spacial score (nSPS) is 15.7. The third-order valence-electron chi connectivity index (χ3n) is 5.37. The summed E-state index contributed by atoms with van der Waals surface area (Å²) >= 11 is 0. The molecule has 3 aromatic rings. The Morgan fingerprint density at radius 2 is 1.84 bits per heavy atom. The maximum absolute atomic E-state index is 12.3. The van der Waals surface area contributed by atoms with Crippen LogP contribution in [0.1, 0.15) is 53.3 Å². The Morgan fingerprint density at radius 3 is 2.58 bits per heavy atom. The molecule has 0 saturated heterocycles. The molecule has 0 aliphatic heterocycles. The lowest BCUT2D eigenvalue weighted by Gasteiger charge is -2.04. The van der Waals surface area contributed by atoms with E-state index in [0.29, 0.717) is 29.0 Å². The van der Waals surface area contributed by atoms with Gasteiger partial charge in [0, 0.05) is 34.9 Å². The first kappa shape index (κ1) is 19.2. The smallest absolute Gasteiger partial charge is 0.251 e. The van der Waals surface area contributed by atoms with Gasteiger partial charge in [0.2, 0.25) is 5.91 Å². The predicted octanol–water partition coefficient (Wildman–Crippen LogP) is 3.89. The van der Waals surface area contributed by atoms with Gasteiger partial charge in [-0.1, -0.05) is 24.3 Å². The minimum Gasteiger partial charge on any atom is -0.349 e. The van der Waals surface area contributed by atoms with Crippen LogP contribution in [0, 0.1) is 0 Å². The maximum Gasteiger partial charge on any atom is 0.251 e. The van der Waals surface area contributed by atoms with E-state index in [1.807, 2.05) is 36.4 Å². The summed E-state index contributed by atoms with van der Waals surface area (Å²) in [6.45, 7) is 0. The monoisotopic (exact) mass is 413 g/mol. The number of nitrogens with one attached hydrogen (secondary N) is 3. The second-order valence-electron chi connectivity index (χ2n) is 8.09. The van der Waals surface area contributed by atoms with Crippen LogP contribution < -0.4 is 10.6 Å². The fourth-order valence-corrected chi connectivity index (χ4v) is 3.28. The van der Waals surface area contributed by atoms with Crippen molar-refractivity contribution in [3.63, 3.8) is 0 Å². The van der Waals surface area contributed by atoms with Gasteiger partial charge in [-0.2, -0.15) is 5.10 Å². The molecule has 2 amide bonds. The number of H-pyrrole nitrogens is 1. The summed E-state index contributed by atoms with van der Waals surface area (Å²) in [5, 5.41) is 13.1. The fraction of sp³-hybridized carbons (Fsp3) is 0.250. The number of carbonyl (C=O) groups excluding carboxylic acids is 2. The van der Waals surface area contributed by atoms with E-state index in [4.69, 9.17) is 0 Å². The molecule has 7 nitrogen and oxygen atoms in total. The minimum atomic E-state index is -0.235. The van der Waals surface area contributed by atoms with Crippen LogP contribution in [0.4, 0.5) is 5.69 Å². The van der Waals surface area contributed by atoms with E-state index in [9.17, 15) is 9.59 Å². The first-order valence-corrected chi connectivity index (χ1v) is 10.6. The predicted molar refractivity (Wildman–Crippen MR) is 118 cm³/mol. The average Bonchev–Trinajstić information content (AvgIpc) is 3.73. The Kier molecular flexibility index (Phi) is 5.08. The van der Waals surface area contributed by atoms with Gasteiger partial charge in [-0.05, 0) is 61.6 Å². The van der Waals surface area contributed by atoms with Gasteiger partial charge in [0.25, 0.3) is 5.91 Å². The summed E-state index contributed by atoms with van der Waals surface area (Å²) in [6, 6.07) is 15.0. The molecule has 0 bridgehead atoms. The average molecular weight is 413 g/mol. The van der Waals surface area contributed by atoms with E-state index in [0.717, 1.165) is 42.6 Å². The number of hydrogen-bond acceptors (Lipinski definition) is 4. The highest BCUT2D eigenvalue weighted by molar-refractivity contribution is 6.02. The Balaban J connectivity index is 1.19. The molecule has 1 heterocycles. The molecule has 0 unspecified atom stereocenters. The number of aromatic nitrogens is 3. The van der Waals surface area contributed by atoms with E-state index in [2.05, 4.69) is 25.8 Å². The SMILES string of the molecule is O=C(/C=C/c1ccc(C(=O)NC2CC2)cc1)Nc1cccc(-c2n[nH]c(C3CC3)n2)c1. The summed E-state index contributed by atoms with van der Waals surface area (Å²) in [6.07, 6.45) is 7.64. The van der Waals surface area contributed by atoms with Crippen molar-refractivity contribution in [1.82, 2.24) is 20.5 Å². The summed E-state index contributed by atoms with van der Waals surface area (Å²) in [4.78, 5) is 28.9. The lowest BCUT2D eigenvalue weighted by Crippen LogP contribution is -2.25. The molecule has 0 atom stereocenters. The van der Waals surface area contributed by atoms with E-state index < -0.39 is 0 Å². The zero-order chi connectivity index (χ0) is 21.2. The Morgan fingerprint density at radius 1 is 1.03 bits per heavy atom. The van der Waals surface area contributed by atoms with E-state index in [1.165, 1.54) is 6.08 Å². The van der Waals surface area contributed by atoms with Gasteiger partial charge in [0.05, 0.1) is 0 Å². The van der Waals surface area contributed by atoms with Gasteiger partial charge in [-0.25, -0.2) is 4.98 Å². The molecule has 2 aromatic carbocycles. The van der Waals surface area contributed by atoms with E-state index in [-0.39, 0.29) is 11.8 Å². The molecule has 156 valence electrons. The van der Waals surface area contributed by atoms with Crippen molar-refractivity contribution in [2.24, 2.45) is 0 Å². The highest BCUT2D eigenvalue weighted by Gasteiger charge is 2.27. The van der Waals surface area contributed by atoms with Crippen molar-refractivity contribution >= 4 is 23.6 Å². The lowest BCUT2D eigenvalue weighted by atomic mass is 10.1. The van der Waals surface area contributed by atoms with Crippen LogP contribution in [-0.2, 0) is 4.79 Å². The standard InChI is InChI=1S/C24H23N5O2/c30-21(13-6-15-4-7-17(8-5-15)24(31)26-19-11-12-19)25-20-3-1-2-18(14-20)23-27-22(28-29-23)16-9-10-16/h1-8,13-14,16,19H,9-12H2,(H,25,30)(H,26,31)(H,27,28,29)/b13-6+. The fourth-order valence-electron chi connectivity index (χ4n) is 3.28.